The molecule has 0 aliphatic rings. The van der Waals surface area contributed by atoms with Crippen LogP contribution in [0.3, 0.4) is 0 Å². The number of hydrogen-bond acceptors (Lipinski definition) is 3. The Morgan fingerprint density at radius 3 is 2.17 bits per heavy atom. The molecule has 0 saturated carbocycles. The Morgan fingerprint density at radius 1 is 1.22 bits per heavy atom. The first-order valence-electron chi connectivity index (χ1n) is 7.98. The molecule has 0 aliphatic heterocycles. The zero-order valence-corrected chi connectivity index (χ0v) is 15.1. The van der Waals surface area contributed by atoms with Gasteiger partial charge in [-0.25, -0.2) is 0 Å². The predicted molar refractivity (Wildman–Crippen MR) is 94.2 cm³/mol. The van der Waals surface area contributed by atoms with Gasteiger partial charge >= 0.3 is 0 Å². The highest BCUT2D eigenvalue weighted by Crippen LogP contribution is 2.20. The molecule has 23 heavy (non-hydrogen) atoms. The lowest BCUT2D eigenvalue weighted by molar-refractivity contribution is -0.137. The minimum Gasteiger partial charge on any atom is -0.332 e. The van der Waals surface area contributed by atoms with Crippen LogP contribution in [0.2, 0.25) is 0 Å². The van der Waals surface area contributed by atoms with E-state index >= 15 is 0 Å². The van der Waals surface area contributed by atoms with Gasteiger partial charge in [-0.05, 0) is 37.3 Å². The van der Waals surface area contributed by atoms with Crippen molar-refractivity contribution in [3.63, 3.8) is 0 Å². The topological polar surface area (TPSA) is 75.4 Å². The number of benzene rings is 1. The van der Waals surface area contributed by atoms with Gasteiger partial charge in [0.05, 0.1) is 12.6 Å². The van der Waals surface area contributed by atoms with E-state index in [-0.39, 0.29) is 23.8 Å². The highest BCUT2D eigenvalue weighted by atomic mass is 16.2. The molecular weight excluding hydrogens is 290 g/mol. The van der Waals surface area contributed by atoms with Gasteiger partial charge in [0.1, 0.15) is 0 Å². The smallest absolute Gasteiger partial charge is 0.244 e. The number of carbonyl (C=O) groups is 2. The summed E-state index contributed by atoms with van der Waals surface area (Å²) in [5, 5.41) is 2.90. The number of nitrogens with one attached hydrogen (secondary N) is 1. The zero-order chi connectivity index (χ0) is 17.8. The predicted octanol–water partition coefficient (Wildman–Crippen LogP) is 2.46. The maximum atomic E-state index is 12.5. The molecule has 1 aromatic rings. The fraction of sp³-hybridized carbons (Fsp3) is 0.556. The number of likely N-dealkylation sites (N-methyl/N-ethyl adjacent to an activating group) is 1. The van der Waals surface area contributed by atoms with E-state index in [9.17, 15) is 9.59 Å². The summed E-state index contributed by atoms with van der Waals surface area (Å²) in [7, 11) is 0. The number of aryl methyl sites for hydroxylation is 2. The third-order valence-corrected chi connectivity index (χ3v) is 3.97. The van der Waals surface area contributed by atoms with Crippen molar-refractivity contribution < 1.29 is 9.59 Å². The number of amides is 2. The van der Waals surface area contributed by atoms with Gasteiger partial charge < -0.3 is 16.0 Å². The van der Waals surface area contributed by atoms with Crippen LogP contribution in [-0.2, 0) is 9.59 Å². The molecule has 5 heteroatoms. The zero-order valence-electron chi connectivity index (χ0n) is 15.1. The maximum absolute atomic E-state index is 12.5. The molecule has 2 amide bonds. The van der Waals surface area contributed by atoms with E-state index in [1.54, 1.807) is 0 Å². The van der Waals surface area contributed by atoms with Gasteiger partial charge in [-0.15, -0.1) is 0 Å². The molecule has 0 fully saturated rings. The van der Waals surface area contributed by atoms with Gasteiger partial charge in [-0.2, -0.15) is 0 Å². The molecule has 128 valence electrons. The normalized spacial score (nSPS) is 12.7. The first kappa shape index (κ1) is 19.2. The largest absolute Gasteiger partial charge is 0.332 e. The second-order valence-corrected chi connectivity index (χ2v) is 7.01. The minimum atomic E-state index is -0.629. The minimum absolute atomic E-state index is 0.00683. The summed E-state index contributed by atoms with van der Waals surface area (Å²) >= 11 is 0. The number of nitrogens with two attached hydrogens (primary N) is 1. The summed E-state index contributed by atoms with van der Waals surface area (Å²) in [6, 6.07) is 5.21. The first-order chi connectivity index (χ1) is 10.6. The van der Waals surface area contributed by atoms with E-state index in [1.807, 2.05) is 59.7 Å². The van der Waals surface area contributed by atoms with E-state index in [2.05, 4.69) is 5.32 Å². The molecule has 3 N–H and O–H groups in total. The Hall–Kier alpha value is -1.88. The highest BCUT2D eigenvalue weighted by molar-refractivity contribution is 5.96. The second-order valence-electron chi connectivity index (χ2n) is 7.01. The summed E-state index contributed by atoms with van der Waals surface area (Å²) in [6.07, 6.45) is 0. The molecular formula is C18H29N3O2. The molecule has 0 aromatic heterocycles. The van der Waals surface area contributed by atoms with Crippen LogP contribution >= 0.6 is 0 Å². The van der Waals surface area contributed by atoms with Crippen molar-refractivity contribution in [3.8, 4) is 0 Å². The highest BCUT2D eigenvalue weighted by Gasteiger charge is 2.31. The number of carbonyl (C=O) groups excluding carboxylic acids is 2. The number of para-hydroxylation sites is 1. The molecule has 0 spiro atoms. The van der Waals surface area contributed by atoms with E-state index < -0.39 is 6.04 Å². The third kappa shape index (κ3) is 5.06. The van der Waals surface area contributed by atoms with Gasteiger partial charge in [0.15, 0.2) is 0 Å². The van der Waals surface area contributed by atoms with Crippen molar-refractivity contribution in [2.75, 3.05) is 18.4 Å². The van der Waals surface area contributed by atoms with Crippen molar-refractivity contribution in [3.05, 3.63) is 29.3 Å². The van der Waals surface area contributed by atoms with Crippen molar-refractivity contribution in [2.24, 2.45) is 11.1 Å². The molecule has 0 radical (unpaired) electrons. The van der Waals surface area contributed by atoms with Crippen LogP contribution in [0.25, 0.3) is 0 Å². The monoisotopic (exact) mass is 319 g/mol. The van der Waals surface area contributed by atoms with Crippen LogP contribution in [0.15, 0.2) is 18.2 Å². The summed E-state index contributed by atoms with van der Waals surface area (Å²) < 4.78 is 0. The molecule has 5 nitrogen and oxygen atoms in total. The summed E-state index contributed by atoms with van der Waals surface area (Å²) in [5.74, 6) is -0.407. The van der Waals surface area contributed by atoms with Crippen molar-refractivity contribution in [2.45, 2.75) is 47.6 Å². The average Bonchev–Trinajstić information content (AvgIpc) is 2.46. The molecule has 1 rings (SSSR count). The first-order valence-corrected chi connectivity index (χ1v) is 7.98. The number of rotatable bonds is 5. The summed E-state index contributed by atoms with van der Waals surface area (Å²) in [5.41, 5.74) is 8.49. The molecule has 0 saturated heterocycles. The lowest BCUT2D eigenvalue weighted by atomic mass is 9.86. The number of nitrogens with zero attached hydrogens (tertiary/aromatic N) is 1. The van der Waals surface area contributed by atoms with Crippen LogP contribution in [0, 0.1) is 19.3 Å². The Bertz CT molecular complexity index is 556. The van der Waals surface area contributed by atoms with Gasteiger partial charge in [-0.3, -0.25) is 9.59 Å². The Labute approximate surface area is 139 Å². The van der Waals surface area contributed by atoms with Crippen LogP contribution in [0.4, 0.5) is 5.69 Å². The quantitative estimate of drug-likeness (QED) is 0.875. The summed E-state index contributed by atoms with van der Waals surface area (Å²) in [4.78, 5) is 26.3. The van der Waals surface area contributed by atoms with Crippen LogP contribution in [-0.4, -0.2) is 35.8 Å². The summed E-state index contributed by atoms with van der Waals surface area (Å²) in [6.45, 7) is 11.9. The van der Waals surface area contributed by atoms with Crippen molar-refractivity contribution in [1.29, 1.82) is 0 Å². The Balaban J connectivity index is 2.80. The molecule has 0 heterocycles. The van der Waals surface area contributed by atoms with Crippen molar-refractivity contribution >= 4 is 17.5 Å². The van der Waals surface area contributed by atoms with Gasteiger partial charge in [0.2, 0.25) is 11.8 Å². The Morgan fingerprint density at radius 2 is 1.74 bits per heavy atom. The molecule has 1 atom stereocenters. The third-order valence-electron chi connectivity index (χ3n) is 3.97. The number of anilines is 1. The van der Waals surface area contributed by atoms with Crippen LogP contribution in [0.1, 0.15) is 38.8 Å². The standard InChI is InChI=1S/C18H29N3O2/c1-7-21(17(23)16(19)18(4,5)6)11-14(22)20-15-12(2)9-8-10-13(15)3/h8-10,16H,7,11,19H2,1-6H3,(H,20,22)/t16-/m1/s1. The van der Waals surface area contributed by atoms with Crippen molar-refractivity contribution in [1.82, 2.24) is 4.90 Å². The van der Waals surface area contributed by atoms with Gasteiger partial charge in [0.25, 0.3) is 0 Å². The van der Waals surface area contributed by atoms with Gasteiger partial charge in [-0.1, -0.05) is 39.0 Å². The van der Waals surface area contributed by atoms with E-state index in [1.165, 1.54) is 4.90 Å². The average molecular weight is 319 g/mol. The molecule has 1 aromatic carbocycles. The SMILES string of the molecule is CCN(CC(=O)Nc1c(C)cccc1C)C(=O)[C@@H](N)C(C)(C)C. The van der Waals surface area contributed by atoms with Crippen LogP contribution < -0.4 is 11.1 Å². The second kappa shape index (κ2) is 7.59. The Kier molecular flexibility index (Phi) is 6.33. The van der Waals surface area contributed by atoms with Crippen LogP contribution in [0.5, 0.6) is 0 Å². The lowest BCUT2D eigenvalue weighted by Gasteiger charge is -2.31. The molecule has 0 unspecified atom stereocenters. The fourth-order valence-electron chi connectivity index (χ4n) is 2.28. The number of hydrogen-bond donors (Lipinski definition) is 2. The van der Waals surface area contributed by atoms with Gasteiger partial charge in [0, 0.05) is 12.2 Å². The van der Waals surface area contributed by atoms with E-state index in [0.29, 0.717) is 6.54 Å². The van der Waals surface area contributed by atoms with E-state index in [4.69, 9.17) is 5.73 Å². The lowest BCUT2D eigenvalue weighted by Crippen LogP contribution is -2.52. The molecule has 0 aliphatic carbocycles. The van der Waals surface area contributed by atoms with E-state index in [0.717, 1.165) is 16.8 Å². The fourth-order valence-corrected chi connectivity index (χ4v) is 2.28. The maximum Gasteiger partial charge on any atom is 0.244 e. The molecule has 0 bridgehead atoms.